The second-order valence-corrected chi connectivity index (χ2v) is 7.85. The summed E-state index contributed by atoms with van der Waals surface area (Å²) in [6.45, 7) is 2.10. The second-order valence-electron chi connectivity index (χ2n) is 7.85. The number of likely N-dealkylation sites (tertiary alicyclic amines) is 1. The lowest BCUT2D eigenvalue weighted by Gasteiger charge is -2.33. The zero-order valence-corrected chi connectivity index (χ0v) is 17.5. The minimum Gasteiger partial charge on any atom is -0.507 e. The molecule has 4 rings (SSSR count). The highest BCUT2D eigenvalue weighted by atomic mass is 16.5. The van der Waals surface area contributed by atoms with Crippen LogP contribution in [-0.2, 0) is 11.3 Å². The lowest BCUT2D eigenvalue weighted by atomic mass is 9.97. The van der Waals surface area contributed by atoms with Crippen LogP contribution < -0.4 is 5.32 Å². The summed E-state index contributed by atoms with van der Waals surface area (Å²) in [6, 6.07) is 18.7. The van der Waals surface area contributed by atoms with Crippen molar-refractivity contribution >= 4 is 22.6 Å². The predicted molar refractivity (Wildman–Crippen MR) is 119 cm³/mol. The first-order valence-electron chi connectivity index (χ1n) is 10.5. The maximum atomic E-state index is 12.4. The number of esters is 1. The number of phenols is 1. The van der Waals surface area contributed by atoms with Gasteiger partial charge in [0.05, 0.1) is 7.11 Å². The number of ether oxygens (including phenoxy) is 1. The van der Waals surface area contributed by atoms with Crippen LogP contribution in [0.25, 0.3) is 10.8 Å². The molecule has 0 unspecified atom stereocenters. The van der Waals surface area contributed by atoms with Crippen LogP contribution in [0.15, 0.2) is 60.7 Å². The molecule has 160 valence electrons. The first-order chi connectivity index (χ1) is 15.1. The van der Waals surface area contributed by atoms with Crippen LogP contribution in [0.5, 0.6) is 5.75 Å². The van der Waals surface area contributed by atoms with E-state index in [1.807, 2.05) is 54.6 Å². The maximum Gasteiger partial charge on any atom is 0.341 e. The molecule has 31 heavy (non-hydrogen) atoms. The summed E-state index contributed by atoms with van der Waals surface area (Å²) in [5, 5.41) is 15.8. The fraction of sp³-hybridized carbons (Fsp3) is 0.280. The van der Waals surface area contributed by atoms with Gasteiger partial charge in [-0.1, -0.05) is 42.5 Å². The molecule has 1 amide bonds. The van der Waals surface area contributed by atoms with E-state index in [0.717, 1.165) is 42.3 Å². The topological polar surface area (TPSA) is 78.9 Å². The van der Waals surface area contributed by atoms with Crippen molar-refractivity contribution in [3.8, 4) is 5.75 Å². The first-order valence-corrected chi connectivity index (χ1v) is 10.5. The molecule has 0 spiro atoms. The van der Waals surface area contributed by atoms with Crippen molar-refractivity contribution in [2.75, 3.05) is 20.2 Å². The van der Waals surface area contributed by atoms with Gasteiger partial charge in [0.25, 0.3) is 5.91 Å². The molecule has 0 bridgehead atoms. The molecular weight excluding hydrogens is 392 g/mol. The van der Waals surface area contributed by atoms with Gasteiger partial charge in [0, 0.05) is 36.8 Å². The number of amides is 1. The molecule has 1 saturated heterocycles. The highest BCUT2D eigenvalue weighted by molar-refractivity contribution is 6.00. The Morgan fingerprint density at radius 1 is 1.06 bits per heavy atom. The van der Waals surface area contributed by atoms with Crippen LogP contribution in [0, 0.1) is 0 Å². The van der Waals surface area contributed by atoms with Crippen molar-refractivity contribution in [1.29, 1.82) is 0 Å². The van der Waals surface area contributed by atoms with Gasteiger partial charge < -0.3 is 15.2 Å². The van der Waals surface area contributed by atoms with E-state index in [1.165, 1.54) is 7.11 Å². The van der Waals surface area contributed by atoms with Crippen LogP contribution in [-0.4, -0.2) is 48.1 Å². The summed E-state index contributed by atoms with van der Waals surface area (Å²) < 4.78 is 4.85. The van der Waals surface area contributed by atoms with Gasteiger partial charge in [-0.3, -0.25) is 9.69 Å². The van der Waals surface area contributed by atoms with Gasteiger partial charge in [0.15, 0.2) is 0 Å². The number of nitrogens with zero attached hydrogens (tertiary/aromatic N) is 1. The average molecular weight is 418 g/mol. The van der Waals surface area contributed by atoms with E-state index in [9.17, 15) is 14.7 Å². The molecule has 0 aliphatic carbocycles. The molecule has 6 heteroatoms. The molecule has 6 nitrogen and oxygen atoms in total. The number of benzene rings is 3. The van der Waals surface area contributed by atoms with E-state index >= 15 is 0 Å². The summed E-state index contributed by atoms with van der Waals surface area (Å²) in [7, 11) is 1.31. The summed E-state index contributed by atoms with van der Waals surface area (Å²) in [4.78, 5) is 26.8. The summed E-state index contributed by atoms with van der Waals surface area (Å²) >= 11 is 0. The molecule has 0 atom stereocenters. The van der Waals surface area contributed by atoms with Crippen molar-refractivity contribution in [3.05, 3.63) is 77.4 Å². The fourth-order valence-corrected chi connectivity index (χ4v) is 4.15. The highest BCUT2D eigenvalue weighted by Crippen LogP contribution is 2.33. The Morgan fingerprint density at radius 3 is 2.45 bits per heavy atom. The van der Waals surface area contributed by atoms with Gasteiger partial charge >= 0.3 is 5.97 Å². The van der Waals surface area contributed by atoms with Crippen LogP contribution in [0.4, 0.5) is 0 Å². The van der Waals surface area contributed by atoms with Crippen molar-refractivity contribution in [2.24, 2.45) is 0 Å². The van der Waals surface area contributed by atoms with Gasteiger partial charge in [0.2, 0.25) is 0 Å². The molecule has 0 aromatic heterocycles. The lowest BCUT2D eigenvalue weighted by molar-refractivity contribution is 0.0597. The van der Waals surface area contributed by atoms with E-state index in [1.54, 1.807) is 6.07 Å². The Balaban J connectivity index is 1.46. The molecule has 1 aliphatic rings. The zero-order chi connectivity index (χ0) is 21.8. The SMILES string of the molecule is COC(=O)c1cc2ccccc2c(CN2CCC(NC(=O)c3ccccc3)CC2)c1O. The van der Waals surface area contributed by atoms with Crippen LogP contribution in [0.1, 0.15) is 39.1 Å². The molecule has 3 aromatic carbocycles. The number of phenolic OH excluding ortho intramolecular Hbond substituents is 1. The number of hydrogen-bond donors (Lipinski definition) is 2. The summed E-state index contributed by atoms with van der Waals surface area (Å²) in [6.07, 6.45) is 1.65. The number of nitrogens with one attached hydrogen (secondary N) is 1. The van der Waals surface area contributed by atoms with Crippen molar-refractivity contribution < 1.29 is 19.4 Å². The zero-order valence-electron chi connectivity index (χ0n) is 17.5. The molecular formula is C25H26N2O4. The predicted octanol–water partition coefficient (Wildman–Crippen LogP) is 3.73. The number of carbonyl (C=O) groups excluding carboxylic acids is 2. The Hall–Kier alpha value is -3.38. The number of aromatic hydroxyl groups is 1. The van der Waals surface area contributed by atoms with Crippen LogP contribution in [0.3, 0.4) is 0 Å². The average Bonchev–Trinajstić information content (AvgIpc) is 2.82. The van der Waals surface area contributed by atoms with E-state index < -0.39 is 5.97 Å². The van der Waals surface area contributed by atoms with E-state index in [0.29, 0.717) is 12.1 Å². The van der Waals surface area contributed by atoms with Gasteiger partial charge in [-0.25, -0.2) is 4.79 Å². The normalized spacial score (nSPS) is 15.0. The van der Waals surface area contributed by atoms with Crippen molar-refractivity contribution in [2.45, 2.75) is 25.4 Å². The molecule has 2 N–H and O–H groups in total. The molecule has 3 aromatic rings. The number of hydrogen-bond acceptors (Lipinski definition) is 5. The quantitative estimate of drug-likeness (QED) is 0.618. The number of methoxy groups -OCH3 is 1. The van der Waals surface area contributed by atoms with Crippen molar-refractivity contribution in [1.82, 2.24) is 10.2 Å². The smallest absolute Gasteiger partial charge is 0.341 e. The molecule has 1 fully saturated rings. The van der Waals surface area contributed by atoms with Crippen molar-refractivity contribution in [3.63, 3.8) is 0 Å². The highest BCUT2D eigenvalue weighted by Gasteiger charge is 2.24. The minimum absolute atomic E-state index is 0.0231. The Labute approximate surface area is 181 Å². The number of piperidine rings is 1. The maximum absolute atomic E-state index is 12.4. The summed E-state index contributed by atoms with van der Waals surface area (Å²) in [5.41, 5.74) is 1.58. The second kappa shape index (κ2) is 9.18. The van der Waals surface area contributed by atoms with Gasteiger partial charge in [-0.2, -0.15) is 0 Å². The first kappa shape index (κ1) is 20.9. The van der Waals surface area contributed by atoms with Gasteiger partial charge in [0.1, 0.15) is 11.3 Å². The van der Waals surface area contributed by atoms with Gasteiger partial charge in [-0.15, -0.1) is 0 Å². The Morgan fingerprint density at radius 2 is 1.74 bits per heavy atom. The van der Waals surface area contributed by atoms with E-state index in [2.05, 4.69) is 10.2 Å². The van der Waals surface area contributed by atoms with Gasteiger partial charge in [-0.05, 0) is 41.8 Å². The monoisotopic (exact) mass is 418 g/mol. The molecule has 1 aliphatic heterocycles. The minimum atomic E-state index is -0.549. The Kier molecular flexibility index (Phi) is 6.18. The van der Waals surface area contributed by atoms with E-state index in [-0.39, 0.29) is 23.3 Å². The molecule has 0 saturated carbocycles. The van der Waals surface area contributed by atoms with Crippen LogP contribution in [0.2, 0.25) is 0 Å². The number of rotatable bonds is 5. The third kappa shape index (κ3) is 4.54. The fourth-order valence-electron chi connectivity index (χ4n) is 4.15. The van der Waals surface area contributed by atoms with Crippen LogP contribution >= 0.6 is 0 Å². The third-order valence-corrected chi connectivity index (χ3v) is 5.87. The molecule has 1 heterocycles. The summed E-state index contributed by atoms with van der Waals surface area (Å²) in [5.74, 6) is -0.620. The lowest BCUT2D eigenvalue weighted by Crippen LogP contribution is -2.44. The number of carbonyl (C=O) groups is 2. The number of fused-ring (bicyclic) bond motifs is 1. The third-order valence-electron chi connectivity index (χ3n) is 5.87. The van der Waals surface area contributed by atoms with E-state index in [4.69, 9.17) is 4.74 Å². The Bertz CT molecular complexity index is 1090. The largest absolute Gasteiger partial charge is 0.507 e. The molecule has 0 radical (unpaired) electrons. The standard InChI is InChI=1S/C25H26N2O4/c1-31-25(30)21-15-18-9-5-6-10-20(18)22(23(21)28)16-27-13-11-19(12-14-27)26-24(29)17-7-3-2-4-8-17/h2-10,15,19,28H,11-14,16H2,1H3,(H,26,29).